The number of nitrogens with zero attached hydrogens (tertiary/aromatic N) is 3. The van der Waals surface area contributed by atoms with Crippen LogP contribution in [0.1, 0.15) is 32.9 Å². The van der Waals surface area contributed by atoms with Gasteiger partial charge in [0.2, 0.25) is 0 Å². The van der Waals surface area contributed by atoms with Crippen LogP contribution in [0.3, 0.4) is 0 Å². The van der Waals surface area contributed by atoms with Crippen LogP contribution in [0, 0.1) is 19.7 Å². The number of hydrogen-bond donors (Lipinski definition) is 2. The smallest absolute Gasteiger partial charge is 0.256 e. The highest BCUT2D eigenvalue weighted by Crippen LogP contribution is 2.26. The van der Waals surface area contributed by atoms with Crippen molar-refractivity contribution in [2.75, 3.05) is 27.2 Å². The molecule has 0 atom stereocenters. The van der Waals surface area contributed by atoms with Crippen molar-refractivity contribution >= 4 is 23.2 Å². The molecule has 2 heterocycles. The minimum absolute atomic E-state index is 0.201. The number of rotatable bonds is 6. The zero-order chi connectivity index (χ0) is 20.4. The van der Waals surface area contributed by atoms with Gasteiger partial charge in [-0.15, -0.1) is 0 Å². The summed E-state index contributed by atoms with van der Waals surface area (Å²) in [5, 5.41) is 7.61. The number of aryl methyl sites for hydroxylation is 2. The van der Waals surface area contributed by atoms with Gasteiger partial charge in [-0.05, 0) is 31.5 Å². The molecule has 0 aliphatic carbocycles. The highest BCUT2D eigenvalue weighted by molar-refractivity contribution is 6.31. The van der Waals surface area contributed by atoms with Gasteiger partial charge < -0.3 is 10.2 Å². The molecule has 8 heteroatoms. The maximum Gasteiger partial charge on any atom is 0.256 e. The van der Waals surface area contributed by atoms with Crippen LogP contribution in [0.2, 0.25) is 5.02 Å². The number of carbonyl (C=O) groups excluding carboxylic acids is 1. The Balaban J connectivity index is 1.95. The summed E-state index contributed by atoms with van der Waals surface area (Å²) in [4.78, 5) is 18.3. The standard InChI is InChI=1S/C20H23ClFN5O/c1-12-14(10-15-17(21)6-5-7-18(15)22)13(2)27-19(25-12)16(11-24-27)20(28)23-8-9-26(3)4/h5-7,11H,8-10H2,1-4H3,(H,23,28)/p+1. The molecular weight excluding hydrogens is 381 g/mol. The Morgan fingerprint density at radius 1 is 1.29 bits per heavy atom. The molecule has 28 heavy (non-hydrogen) atoms. The summed E-state index contributed by atoms with van der Waals surface area (Å²) in [5.41, 5.74) is 3.71. The van der Waals surface area contributed by atoms with E-state index in [1.165, 1.54) is 17.2 Å². The molecule has 1 aromatic carbocycles. The van der Waals surface area contributed by atoms with E-state index in [4.69, 9.17) is 11.6 Å². The van der Waals surface area contributed by atoms with E-state index in [0.717, 1.165) is 23.5 Å². The van der Waals surface area contributed by atoms with E-state index in [1.54, 1.807) is 16.6 Å². The van der Waals surface area contributed by atoms with Gasteiger partial charge >= 0.3 is 0 Å². The highest BCUT2D eigenvalue weighted by atomic mass is 35.5. The normalized spacial score (nSPS) is 11.4. The lowest BCUT2D eigenvalue weighted by Crippen LogP contribution is -3.06. The van der Waals surface area contributed by atoms with E-state index in [2.05, 4.69) is 15.4 Å². The fourth-order valence-electron chi connectivity index (χ4n) is 3.13. The Kier molecular flexibility index (Phi) is 5.96. The zero-order valence-corrected chi connectivity index (χ0v) is 17.2. The van der Waals surface area contributed by atoms with Crippen LogP contribution in [0.25, 0.3) is 5.65 Å². The quantitative estimate of drug-likeness (QED) is 0.656. The number of carbonyl (C=O) groups is 1. The predicted molar refractivity (Wildman–Crippen MR) is 107 cm³/mol. The summed E-state index contributed by atoms with van der Waals surface area (Å²) >= 11 is 6.18. The monoisotopic (exact) mass is 404 g/mol. The van der Waals surface area contributed by atoms with Crippen molar-refractivity contribution in [1.29, 1.82) is 0 Å². The van der Waals surface area contributed by atoms with E-state index in [0.29, 0.717) is 34.8 Å². The third-order valence-electron chi connectivity index (χ3n) is 4.78. The van der Waals surface area contributed by atoms with Crippen molar-refractivity contribution in [3.8, 4) is 0 Å². The molecule has 0 aliphatic rings. The number of amides is 1. The molecule has 0 saturated heterocycles. The second-order valence-electron chi connectivity index (χ2n) is 7.14. The van der Waals surface area contributed by atoms with E-state index >= 15 is 0 Å². The number of quaternary nitrogens is 1. The summed E-state index contributed by atoms with van der Waals surface area (Å²) in [6, 6.07) is 4.64. The van der Waals surface area contributed by atoms with Crippen LogP contribution in [0.15, 0.2) is 24.4 Å². The van der Waals surface area contributed by atoms with Gasteiger partial charge in [0, 0.05) is 28.4 Å². The van der Waals surface area contributed by atoms with Crippen molar-refractivity contribution in [1.82, 2.24) is 19.9 Å². The molecule has 148 valence electrons. The van der Waals surface area contributed by atoms with Crippen LogP contribution in [0.5, 0.6) is 0 Å². The Morgan fingerprint density at radius 3 is 2.71 bits per heavy atom. The highest BCUT2D eigenvalue weighted by Gasteiger charge is 2.19. The Bertz CT molecular complexity index is 1010. The van der Waals surface area contributed by atoms with Gasteiger partial charge in [-0.3, -0.25) is 4.79 Å². The molecule has 0 saturated carbocycles. The average Bonchev–Trinajstić information content (AvgIpc) is 3.04. The lowest BCUT2D eigenvalue weighted by Gasteiger charge is -2.13. The van der Waals surface area contributed by atoms with Gasteiger partial charge in [0.15, 0.2) is 5.65 Å². The summed E-state index contributed by atoms with van der Waals surface area (Å²) in [6.45, 7) is 5.13. The molecule has 0 fully saturated rings. The van der Waals surface area contributed by atoms with E-state index in [9.17, 15) is 9.18 Å². The molecular formula is C20H24ClFN5O+. The first-order valence-electron chi connectivity index (χ1n) is 9.13. The lowest BCUT2D eigenvalue weighted by atomic mass is 10.0. The summed E-state index contributed by atoms with van der Waals surface area (Å²) in [7, 11) is 4.05. The van der Waals surface area contributed by atoms with Crippen molar-refractivity contribution in [2.45, 2.75) is 20.3 Å². The molecule has 0 bridgehead atoms. The number of likely N-dealkylation sites (N-methyl/N-ethyl adjacent to an activating group) is 1. The fourth-order valence-corrected chi connectivity index (χ4v) is 3.36. The molecule has 0 unspecified atom stereocenters. The predicted octanol–water partition coefficient (Wildman–Crippen LogP) is 1.60. The van der Waals surface area contributed by atoms with Gasteiger partial charge in [-0.1, -0.05) is 17.7 Å². The lowest BCUT2D eigenvalue weighted by molar-refractivity contribution is -0.856. The van der Waals surface area contributed by atoms with E-state index < -0.39 is 0 Å². The minimum Gasteiger partial charge on any atom is -0.346 e. The average molecular weight is 405 g/mol. The van der Waals surface area contributed by atoms with E-state index in [1.807, 2.05) is 27.9 Å². The maximum absolute atomic E-state index is 14.2. The molecule has 1 amide bonds. The Hall–Kier alpha value is -2.51. The first kappa shape index (κ1) is 20.2. The topological polar surface area (TPSA) is 63.7 Å². The summed E-state index contributed by atoms with van der Waals surface area (Å²) < 4.78 is 15.8. The van der Waals surface area contributed by atoms with Gasteiger partial charge in [-0.2, -0.15) is 5.10 Å². The first-order valence-corrected chi connectivity index (χ1v) is 9.51. The number of aromatic nitrogens is 3. The largest absolute Gasteiger partial charge is 0.346 e. The van der Waals surface area contributed by atoms with Gasteiger partial charge in [0.25, 0.3) is 5.91 Å². The number of halogens is 2. The zero-order valence-electron chi connectivity index (χ0n) is 16.4. The van der Waals surface area contributed by atoms with Crippen molar-refractivity contribution in [3.63, 3.8) is 0 Å². The molecule has 3 aromatic rings. The first-order chi connectivity index (χ1) is 13.3. The molecule has 0 aliphatic heterocycles. The van der Waals surface area contributed by atoms with Crippen molar-refractivity contribution < 1.29 is 14.1 Å². The second kappa shape index (κ2) is 8.24. The fraction of sp³-hybridized carbons (Fsp3) is 0.350. The van der Waals surface area contributed by atoms with Crippen LogP contribution < -0.4 is 10.2 Å². The minimum atomic E-state index is -0.352. The molecule has 0 radical (unpaired) electrons. The number of nitrogens with one attached hydrogen (secondary N) is 2. The third-order valence-corrected chi connectivity index (χ3v) is 5.13. The van der Waals surface area contributed by atoms with Crippen LogP contribution in [-0.2, 0) is 6.42 Å². The molecule has 0 spiro atoms. The van der Waals surface area contributed by atoms with Gasteiger partial charge in [-0.25, -0.2) is 13.9 Å². The Labute approximate surface area is 168 Å². The number of fused-ring (bicyclic) bond motifs is 1. The van der Waals surface area contributed by atoms with Crippen molar-refractivity contribution in [3.05, 3.63) is 63.3 Å². The Morgan fingerprint density at radius 2 is 2.04 bits per heavy atom. The molecule has 2 N–H and O–H groups in total. The van der Waals surface area contributed by atoms with E-state index in [-0.39, 0.29) is 11.7 Å². The molecule has 2 aromatic heterocycles. The van der Waals surface area contributed by atoms with Crippen LogP contribution in [-0.4, -0.2) is 47.7 Å². The second-order valence-corrected chi connectivity index (χ2v) is 7.55. The number of benzene rings is 1. The van der Waals surface area contributed by atoms with Gasteiger partial charge in [0.1, 0.15) is 11.4 Å². The van der Waals surface area contributed by atoms with Gasteiger partial charge in [0.05, 0.1) is 33.4 Å². The third kappa shape index (κ3) is 4.00. The van der Waals surface area contributed by atoms with Crippen molar-refractivity contribution in [2.24, 2.45) is 0 Å². The number of hydrogen-bond acceptors (Lipinski definition) is 3. The maximum atomic E-state index is 14.2. The molecule has 3 rings (SSSR count). The summed E-state index contributed by atoms with van der Waals surface area (Å²) in [5.74, 6) is -0.553. The van der Waals surface area contributed by atoms with Crippen LogP contribution in [0.4, 0.5) is 4.39 Å². The molecule has 6 nitrogen and oxygen atoms in total. The SMILES string of the molecule is Cc1nc2c(C(=O)NCC[NH+](C)C)cnn2c(C)c1Cc1c(F)cccc1Cl. The summed E-state index contributed by atoms with van der Waals surface area (Å²) in [6.07, 6.45) is 1.82. The van der Waals surface area contributed by atoms with Crippen LogP contribution >= 0.6 is 11.6 Å².